The zero-order valence-corrected chi connectivity index (χ0v) is 12.1. The molecular weight excluding hydrogens is 268 g/mol. The van der Waals surface area contributed by atoms with Crippen LogP contribution in [0.5, 0.6) is 5.75 Å². The standard InChI is InChI=1S/C16H18N2O3/c1-3-21-15-7-5-4-6-14(15)18-13-9-8-11(17)10-12(13)16(19)20-2/h4-10,18H,3,17H2,1-2H3. The van der Waals surface area contributed by atoms with E-state index < -0.39 is 5.97 Å². The summed E-state index contributed by atoms with van der Waals surface area (Å²) < 4.78 is 10.3. The number of carbonyl (C=O) groups is 1. The number of hydrogen-bond donors (Lipinski definition) is 2. The van der Waals surface area contributed by atoms with Crippen molar-refractivity contribution < 1.29 is 14.3 Å². The van der Waals surface area contributed by atoms with Crippen molar-refractivity contribution in [2.45, 2.75) is 6.92 Å². The molecule has 0 heterocycles. The third-order valence-corrected chi connectivity index (χ3v) is 2.91. The van der Waals surface area contributed by atoms with E-state index >= 15 is 0 Å². The number of benzene rings is 2. The largest absolute Gasteiger partial charge is 0.492 e. The number of nitrogens with one attached hydrogen (secondary N) is 1. The lowest BCUT2D eigenvalue weighted by molar-refractivity contribution is 0.0602. The van der Waals surface area contributed by atoms with Gasteiger partial charge in [-0.3, -0.25) is 0 Å². The van der Waals surface area contributed by atoms with Crippen LogP contribution in [0, 0.1) is 0 Å². The molecular formula is C16H18N2O3. The van der Waals surface area contributed by atoms with Gasteiger partial charge in [0.2, 0.25) is 0 Å². The van der Waals surface area contributed by atoms with Crippen LogP contribution >= 0.6 is 0 Å². The fraction of sp³-hybridized carbons (Fsp3) is 0.188. The number of methoxy groups -OCH3 is 1. The number of ether oxygens (including phenoxy) is 2. The molecule has 2 aromatic carbocycles. The second-order valence-corrected chi connectivity index (χ2v) is 4.35. The van der Waals surface area contributed by atoms with Gasteiger partial charge in [0.25, 0.3) is 0 Å². The molecule has 110 valence electrons. The number of rotatable bonds is 5. The first-order chi connectivity index (χ1) is 10.2. The first-order valence-corrected chi connectivity index (χ1v) is 6.62. The van der Waals surface area contributed by atoms with Crippen LogP contribution in [0.15, 0.2) is 42.5 Å². The van der Waals surface area contributed by atoms with E-state index in [4.69, 9.17) is 15.2 Å². The molecule has 0 aliphatic heterocycles. The second-order valence-electron chi connectivity index (χ2n) is 4.35. The van der Waals surface area contributed by atoms with Gasteiger partial charge in [0.1, 0.15) is 5.75 Å². The van der Waals surface area contributed by atoms with Crippen molar-refractivity contribution in [3.8, 4) is 5.75 Å². The van der Waals surface area contributed by atoms with Gasteiger partial charge < -0.3 is 20.5 Å². The highest BCUT2D eigenvalue weighted by Gasteiger charge is 2.13. The Kier molecular flexibility index (Phi) is 4.66. The lowest BCUT2D eigenvalue weighted by atomic mass is 10.1. The fourth-order valence-corrected chi connectivity index (χ4v) is 1.95. The van der Waals surface area contributed by atoms with Crippen molar-refractivity contribution in [3.63, 3.8) is 0 Å². The number of esters is 1. The lowest BCUT2D eigenvalue weighted by Crippen LogP contribution is -2.07. The Morgan fingerprint density at radius 2 is 1.95 bits per heavy atom. The smallest absolute Gasteiger partial charge is 0.340 e. The topological polar surface area (TPSA) is 73.6 Å². The van der Waals surface area contributed by atoms with Gasteiger partial charge in [-0.15, -0.1) is 0 Å². The molecule has 0 saturated heterocycles. The lowest BCUT2D eigenvalue weighted by Gasteiger charge is -2.14. The first kappa shape index (κ1) is 14.7. The molecule has 0 spiro atoms. The number of hydrogen-bond acceptors (Lipinski definition) is 5. The Hall–Kier alpha value is -2.69. The van der Waals surface area contributed by atoms with Crippen molar-refractivity contribution in [1.82, 2.24) is 0 Å². The van der Waals surface area contributed by atoms with E-state index in [1.165, 1.54) is 7.11 Å². The van der Waals surface area contributed by atoms with Crippen molar-refractivity contribution >= 4 is 23.0 Å². The van der Waals surface area contributed by atoms with Crippen molar-refractivity contribution in [2.75, 3.05) is 24.8 Å². The summed E-state index contributed by atoms with van der Waals surface area (Å²) in [4.78, 5) is 11.8. The van der Waals surface area contributed by atoms with Crippen LogP contribution in [0.1, 0.15) is 17.3 Å². The third-order valence-electron chi connectivity index (χ3n) is 2.91. The normalized spacial score (nSPS) is 10.0. The Bertz CT molecular complexity index is 641. The van der Waals surface area contributed by atoms with Crippen molar-refractivity contribution in [1.29, 1.82) is 0 Å². The molecule has 0 radical (unpaired) electrons. The number of nitrogen functional groups attached to an aromatic ring is 1. The third kappa shape index (κ3) is 3.45. The van der Waals surface area contributed by atoms with Gasteiger partial charge >= 0.3 is 5.97 Å². The van der Waals surface area contributed by atoms with E-state index in [1.807, 2.05) is 31.2 Å². The highest BCUT2D eigenvalue weighted by molar-refractivity contribution is 5.97. The quantitative estimate of drug-likeness (QED) is 0.652. The summed E-state index contributed by atoms with van der Waals surface area (Å²) in [7, 11) is 1.34. The Morgan fingerprint density at radius 3 is 2.67 bits per heavy atom. The number of nitrogens with two attached hydrogens (primary N) is 1. The molecule has 5 nitrogen and oxygen atoms in total. The molecule has 0 aliphatic carbocycles. The highest BCUT2D eigenvalue weighted by atomic mass is 16.5. The molecule has 2 rings (SSSR count). The van der Waals surface area contributed by atoms with Crippen LogP contribution in [-0.2, 0) is 4.74 Å². The Morgan fingerprint density at radius 1 is 1.19 bits per heavy atom. The number of carbonyl (C=O) groups excluding carboxylic acids is 1. The molecule has 0 amide bonds. The van der Waals surface area contributed by atoms with E-state index in [9.17, 15) is 4.79 Å². The predicted octanol–water partition coefficient (Wildman–Crippen LogP) is 3.20. The maximum atomic E-state index is 11.8. The average Bonchev–Trinajstić information content (AvgIpc) is 2.50. The summed E-state index contributed by atoms with van der Waals surface area (Å²) in [6, 6.07) is 12.6. The molecule has 0 aliphatic rings. The van der Waals surface area contributed by atoms with E-state index in [2.05, 4.69) is 5.32 Å². The van der Waals surface area contributed by atoms with E-state index in [0.717, 1.165) is 5.69 Å². The maximum absolute atomic E-state index is 11.8. The Labute approximate surface area is 123 Å². The minimum Gasteiger partial charge on any atom is -0.492 e. The minimum atomic E-state index is -0.446. The summed E-state index contributed by atoms with van der Waals surface area (Å²) in [5.74, 6) is 0.270. The van der Waals surface area contributed by atoms with E-state index in [-0.39, 0.29) is 0 Å². The van der Waals surface area contributed by atoms with Crippen LogP contribution in [0.4, 0.5) is 17.1 Å². The second kappa shape index (κ2) is 6.65. The Balaban J connectivity index is 2.38. The van der Waals surface area contributed by atoms with Crippen LogP contribution in [0.3, 0.4) is 0 Å². The maximum Gasteiger partial charge on any atom is 0.340 e. The van der Waals surface area contributed by atoms with Gasteiger partial charge in [-0.2, -0.15) is 0 Å². The zero-order chi connectivity index (χ0) is 15.2. The van der Waals surface area contributed by atoms with Crippen LogP contribution in [0.2, 0.25) is 0 Å². The molecule has 3 N–H and O–H groups in total. The molecule has 0 fully saturated rings. The first-order valence-electron chi connectivity index (χ1n) is 6.62. The van der Waals surface area contributed by atoms with Crippen molar-refractivity contribution in [3.05, 3.63) is 48.0 Å². The summed E-state index contributed by atoms with van der Waals surface area (Å²) >= 11 is 0. The van der Waals surface area contributed by atoms with Crippen LogP contribution in [0.25, 0.3) is 0 Å². The molecule has 0 unspecified atom stereocenters. The van der Waals surface area contributed by atoms with Gasteiger partial charge in [0.05, 0.1) is 30.7 Å². The van der Waals surface area contributed by atoms with Gasteiger partial charge in [0, 0.05) is 5.69 Å². The number of anilines is 3. The van der Waals surface area contributed by atoms with Crippen LogP contribution < -0.4 is 15.8 Å². The monoisotopic (exact) mass is 286 g/mol. The molecule has 0 atom stereocenters. The van der Waals surface area contributed by atoms with Crippen LogP contribution in [-0.4, -0.2) is 19.7 Å². The zero-order valence-electron chi connectivity index (χ0n) is 12.1. The predicted molar refractivity (Wildman–Crippen MR) is 83.1 cm³/mol. The van der Waals surface area contributed by atoms with Gasteiger partial charge in [-0.05, 0) is 37.3 Å². The minimum absolute atomic E-state index is 0.379. The van der Waals surface area contributed by atoms with E-state index in [1.54, 1.807) is 18.2 Å². The van der Waals surface area contributed by atoms with E-state index in [0.29, 0.717) is 29.3 Å². The summed E-state index contributed by atoms with van der Waals surface area (Å²) in [6.45, 7) is 2.48. The molecule has 0 saturated carbocycles. The molecule has 5 heteroatoms. The summed E-state index contributed by atoms with van der Waals surface area (Å²) in [5, 5.41) is 3.19. The number of para-hydroxylation sites is 2. The highest BCUT2D eigenvalue weighted by Crippen LogP contribution is 2.30. The SMILES string of the molecule is CCOc1ccccc1Nc1ccc(N)cc1C(=O)OC. The molecule has 2 aromatic rings. The molecule has 21 heavy (non-hydrogen) atoms. The molecule has 0 bridgehead atoms. The summed E-state index contributed by atoms with van der Waals surface area (Å²) in [6.07, 6.45) is 0. The van der Waals surface area contributed by atoms with Crippen molar-refractivity contribution in [2.24, 2.45) is 0 Å². The average molecular weight is 286 g/mol. The molecule has 0 aromatic heterocycles. The van der Waals surface area contributed by atoms with Gasteiger partial charge in [0.15, 0.2) is 0 Å². The fourth-order valence-electron chi connectivity index (χ4n) is 1.95. The van der Waals surface area contributed by atoms with Gasteiger partial charge in [-0.1, -0.05) is 12.1 Å². The van der Waals surface area contributed by atoms with Gasteiger partial charge in [-0.25, -0.2) is 4.79 Å². The summed E-state index contributed by atoms with van der Waals surface area (Å²) in [5.41, 5.74) is 7.99.